The first-order chi connectivity index (χ1) is 12.1. The molecule has 0 aliphatic rings. The highest BCUT2D eigenvalue weighted by atomic mass is 16.2. The van der Waals surface area contributed by atoms with Crippen LogP contribution in [0.25, 0.3) is 0 Å². The summed E-state index contributed by atoms with van der Waals surface area (Å²) in [6.07, 6.45) is 0. The molecule has 0 heterocycles. The largest absolute Gasteiger partial charge is 0.376 e. The molecule has 6 heteroatoms. The molecule has 3 N–H and O–H groups in total. The third-order valence-corrected chi connectivity index (χ3v) is 4.38. The lowest BCUT2D eigenvalue weighted by molar-refractivity contribution is -0.121. The van der Waals surface area contributed by atoms with Crippen molar-refractivity contribution in [3.05, 3.63) is 29.3 Å². The number of benzene rings is 1. The fraction of sp³-hybridized carbons (Fsp3) is 0.550. The second kappa shape index (κ2) is 9.23. The Hall–Kier alpha value is -2.55. The number of carbonyl (C=O) groups excluding carboxylic acids is 2. The molecular formula is C20H30N4O2. The number of amides is 2. The van der Waals surface area contributed by atoms with Gasteiger partial charge in [-0.1, -0.05) is 27.7 Å². The van der Waals surface area contributed by atoms with Crippen LogP contribution in [0.1, 0.15) is 50.5 Å². The van der Waals surface area contributed by atoms with E-state index in [0.29, 0.717) is 18.0 Å². The van der Waals surface area contributed by atoms with Crippen molar-refractivity contribution in [1.82, 2.24) is 10.6 Å². The minimum absolute atomic E-state index is 0.00169. The van der Waals surface area contributed by atoms with Gasteiger partial charge in [0.1, 0.15) is 5.54 Å². The summed E-state index contributed by atoms with van der Waals surface area (Å²) in [4.78, 5) is 24.2. The molecular weight excluding hydrogens is 328 g/mol. The van der Waals surface area contributed by atoms with Gasteiger partial charge in [0.25, 0.3) is 5.91 Å². The van der Waals surface area contributed by atoms with Crippen molar-refractivity contribution >= 4 is 17.5 Å². The predicted molar refractivity (Wildman–Crippen MR) is 104 cm³/mol. The summed E-state index contributed by atoms with van der Waals surface area (Å²) in [7, 11) is 0. The van der Waals surface area contributed by atoms with E-state index in [1.54, 1.807) is 25.1 Å². The summed E-state index contributed by atoms with van der Waals surface area (Å²) in [5, 5.41) is 18.0. The molecule has 0 saturated heterocycles. The average Bonchev–Trinajstić information content (AvgIpc) is 2.58. The predicted octanol–water partition coefficient (Wildman–Crippen LogP) is 2.85. The summed E-state index contributed by atoms with van der Waals surface area (Å²) in [6, 6.07) is 7.47. The van der Waals surface area contributed by atoms with Crippen molar-refractivity contribution in [1.29, 1.82) is 5.26 Å². The molecule has 1 rings (SSSR count). The van der Waals surface area contributed by atoms with Gasteiger partial charge in [0.2, 0.25) is 5.91 Å². The molecule has 2 amide bonds. The zero-order chi connectivity index (χ0) is 19.9. The van der Waals surface area contributed by atoms with Crippen LogP contribution in [0.15, 0.2) is 18.2 Å². The molecule has 0 radical (unpaired) electrons. The number of aryl methyl sites for hydroxylation is 1. The SMILES string of the molecule is Cc1cc(C(=O)NCC(C)C)ccc1NCC(=O)NC(C)(C#N)C(C)C. The summed E-state index contributed by atoms with van der Waals surface area (Å²) < 4.78 is 0. The fourth-order valence-electron chi connectivity index (χ4n) is 2.21. The van der Waals surface area contributed by atoms with Crippen LogP contribution in [-0.2, 0) is 4.79 Å². The number of hydrogen-bond donors (Lipinski definition) is 3. The molecule has 1 aromatic rings. The molecule has 1 atom stereocenters. The van der Waals surface area contributed by atoms with Gasteiger partial charge in [-0.3, -0.25) is 9.59 Å². The maximum atomic E-state index is 12.1. The molecule has 0 aliphatic carbocycles. The smallest absolute Gasteiger partial charge is 0.251 e. The van der Waals surface area contributed by atoms with Gasteiger partial charge in [-0.05, 0) is 49.4 Å². The van der Waals surface area contributed by atoms with E-state index in [0.717, 1.165) is 11.3 Å². The maximum Gasteiger partial charge on any atom is 0.251 e. The quantitative estimate of drug-likeness (QED) is 0.666. The molecule has 1 aromatic carbocycles. The number of nitriles is 1. The Kier molecular flexibility index (Phi) is 7.63. The summed E-state index contributed by atoms with van der Waals surface area (Å²) in [6.45, 7) is 12.2. The monoisotopic (exact) mass is 358 g/mol. The molecule has 26 heavy (non-hydrogen) atoms. The summed E-state index contributed by atoms with van der Waals surface area (Å²) >= 11 is 0. The van der Waals surface area contributed by atoms with E-state index in [9.17, 15) is 14.9 Å². The van der Waals surface area contributed by atoms with Gasteiger partial charge < -0.3 is 16.0 Å². The van der Waals surface area contributed by atoms with Crippen molar-refractivity contribution in [2.24, 2.45) is 11.8 Å². The van der Waals surface area contributed by atoms with Gasteiger partial charge in [0.05, 0.1) is 12.6 Å². The lowest BCUT2D eigenvalue weighted by Crippen LogP contribution is -2.50. The number of nitrogens with one attached hydrogen (secondary N) is 3. The van der Waals surface area contributed by atoms with Crippen molar-refractivity contribution in [2.75, 3.05) is 18.4 Å². The molecule has 0 saturated carbocycles. The van der Waals surface area contributed by atoms with Crippen molar-refractivity contribution < 1.29 is 9.59 Å². The van der Waals surface area contributed by atoms with Crippen molar-refractivity contribution in [3.63, 3.8) is 0 Å². The molecule has 142 valence electrons. The van der Waals surface area contributed by atoms with E-state index in [2.05, 4.69) is 22.0 Å². The Morgan fingerprint density at radius 2 is 1.88 bits per heavy atom. The number of nitrogens with zero attached hydrogens (tertiary/aromatic N) is 1. The van der Waals surface area contributed by atoms with E-state index in [4.69, 9.17) is 0 Å². The van der Waals surface area contributed by atoms with Gasteiger partial charge in [-0.2, -0.15) is 5.26 Å². The van der Waals surface area contributed by atoms with Gasteiger partial charge in [0, 0.05) is 17.8 Å². The van der Waals surface area contributed by atoms with Crippen molar-refractivity contribution in [2.45, 2.75) is 47.1 Å². The molecule has 0 bridgehead atoms. The van der Waals surface area contributed by atoms with Crippen LogP contribution in [-0.4, -0.2) is 30.4 Å². The van der Waals surface area contributed by atoms with Crippen LogP contribution in [0.5, 0.6) is 0 Å². The first kappa shape index (κ1) is 21.5. The van der Waals surface area contributed by atoms with Crippen LogP contribution in [0.2, 0.25) is 0 Å². The van der Waals surface area contributed by atoms with Gasteiger partial charge in [0.15, 0.2) is 0 Å². The third-order valence-electron chi connectivity index (χ3n) is 4.38. The molecule has 0 spiro atoms. The third kappa shape index (κ3) is 6.07. The number of hydrogen-bond acceptors (Lipinski definition) is 4. The number of anilines is 1. The lowest BCUT2D eigenvalue weighted by atomic mass is 9.90. The minimum Gasteiger partial charge on any atom is -0.376 e. The van der Waals surface area contributed by atoms with Crippen LogP contribution in [0.3, 0.4) is 0 Å². The minimum atomic E-state index is -0.897. The maximum absolute atomic E-state index is 12.1. The Bertz CT molecular complexity index is 692. The number of carbonyl (C=O) groups is 2. The normalized spacial score (nSPS) is 13.0. The van der Waals surface area contributed by atoms with E-state index in [1.165, 1.54) is 0 Å². The zero-order valence-electron chi connectivity index (χ0n) is 16.6. The highest BCUT2D eigenvalue weighted by Crippen LogP contribution is 2.17. The lowest BCUT2D eigenvalue weighted by Gasteiger charge is -2.27. The highest BCUT2D eigenvalue weighted by Gasteiger charge is 2.29. The molecule has 0 aromatic heterocycles. The van der Waals surface area contributed by atoms with Crippen LogP contribution >= 0.6 is 0 Å². The van der Waals surface area contributed by atoms with E-state index >= 15 is 0 Å². The Labute approximate surface area is 156 Å². The Morgan fingerprint density at radius 3 is 2.38 bits per heavy atom. The van der Waals surface area contributed by atoms with E-state index < -0.39 is 5.54 Å². The summed E-state index contributed by atoms with van der Waals surface area (Å²) in [5.41, 5.74) is 1.35. The zero-order valence-corrected chi connectivity index (χ0v) is 16.6. The molecule has 0 aliphatic heterocycles. The summed E-state index contributed by atoms with van der Waals surface area (Å²) in [5.74, 6) is 0.0416. The molecule has 1 unspecified atom stereocenters. The van der Waals surface area contributed by atoms with Crippen LogP contribution < -0.4 is 16.0 Å². The van der Waals surface area contributed by atoms with Crippen molar-refractivity contribution in [3.8, 4) is 6.07 Å². The van der Waals surface area contributed by atoms with Gasteiger partial charge in [-0.25, -0.2) is 0 Å². The Balaban J connectivity index is 2.68. The molecule has 6 nitrogen and oxygen atoms in total. The van der Waals surface area contributed by atoms with E-state index in [1.807, 2.05) is 34.6 Å². The number of rotatable bonds is 8. The second-order valence-corrected chi connectivity index (χ2v) is 7.50. The fourth-order valence-corrected chi connectivity index (χ4v) is 2.21. The Morgan fingerprint density at radius 1 is 1.23 bits per heavy atom. The topological polar surface area (TPSA) is 94.0 Å². The van der Waals surface area contributed by atoms with Gasteiger partial charge >= 0.3 is 0 Å². The second-order valence-electron chi connectivity index (χ2n) is 7.50. The first-order valence-corrected chi connectivity index (χ1v) is 8.94. The van der Waals surface area contributed by atoms with Crippen LogP contribution in [0.4, 0.5) is 5.69 Å². The van der Waals surface area contributed by atoms with E-state index in [-0.39, 0.29) is 24.3 Å². The first-order valence-electron chi connectivity index (χ1n) is 8.94. The highest BCUT2D eigenvalue weighted by molar-refractivity contribution is 5.95. The standard InChI is InChI=1S/C20H30N4O2/c1-13(2)10-23-19(26)16-7-8-17(15(5)9-16)22-11-18(25)24-20(6,12-21)14(3)4/h7-9,13-14,22H,10-11H2,1-6H3,(H,23,26)(H,24,25). The molecule has 0 fully saturated rings. The van der Waals surface area contributed by atoms with Crippen LogP contribution in [0, 0.1) is 30.1 Å². The average molecular weight is 358 g/mol. The van der Waals surface area contributed by atoms with Gasteiger partial charge in [-0.15, -0.1) is 0 Å².